The summed E-state index contributed by atoms with van der Waals surface area (Å²) in [5.41, 5.74) is 1.13. The molecule has 3 aromatic carbocycles. The second kappa shape index (κ2) is 5.02. The minimum absolute atomic E-state index is 0.00371. The Bertz CT molecular complexity index is 1200. The molecule has 0 unspecified atom stereocenters. The first-order chi connectivity index (χ1) is 11.4. The van der Waals surface area contributed by atoms with Crippen LogP contribution in [-0.2, 0) is 10.1 Å². The van der Waals surface area contributed by atoms with E-state index in [1.807, 2.05) is 24.3 Å². The van der Waals surface area contributed by atoms with E-state index >= 15 is 0 Å². The molecule has 0 radical (unpaired) electrons. The van der Waals surface area contributed by atoms with E-state index in [9.17, 15) is 13.5 Å². The molecule has 0 bridgehead atoms. The third kappa shape index (κ3) is 2.29. The monoisotopic (exact) mass is 341 g/mol. The van der Waals surface area contributed by atoms with Crippen LogP contribution in [0.25, 0.3) is 27.5 Å². The second-order valence-electron chi connectivity index (χ2n) is 5.27. The van der Waals surface area contributed by atoms with Gasteiger partial charge in [0.05, 0.1) is 4.90 Å². The average Bonchev–Trinajstić information content (AvgIpc) is 2.96. The zero-order chi connectivity index (χ0) is 16.9. The summed E-state index contributed by atoms with van der Waals surface area (Å²) in [5.74, 6) is 0.00371. The Morgan fingerprint density at radius 2 is 1.67 bits per heavy atom. The van der Waals surface area contributed by atoms with Crippen molar-refractivity contribution in [3.05, 3.63) is 54.6 Å². The van der Waals surface area contributed by atoms with Crippen LogP contribution in [0, 0.1) is 0 Å². The van der Waals surface area contributed by atoms with E-state index in [4.69, 9.17) is 4.55 Å². The normalized spacial score (nSPS) is 12.0. The molecule has 7 nitrogen and oxygen atoms in total. The summed E-state index contributed by atoms with van der Waals surface area (Å²) in [7, 11) is -4.32. The average molecular weight is 341 g/mol. The van der Waals surface area contributed by atoms with Crippen LogP contribution < -0.4 is 0 Å². The Labute approximate surface area is 136 Å². The van der Waals surface area contributed by atoms with Crippen molar-refractivity contribution in [2.75, 3.05) is 0 Å². The number of benzene rings is 3. The first-order valence-electron chi connectivity index (χ1n) is 6.99. The van der Waals surface area contributed by atoms with Crippen LogP contribution in [0.3, 0.4) is 0 Å². The smallest absolute Gasteiger partial charge is 0.294 e. The molecule has 8 heteroatoms. The summed E-state index contributed by atoms with van der Waals surface area (Å²) in [6, 6.07) is 14.7. The first kappa shape index (κ1) is 14.6. The first-order valence-corrected chi connectivity index (χ1v) is 8.43. The summed E-state index contributed by atoms with van der Waals surface area (Å²) in [6.45, 7) is 0. The Hall–Kier alpha value is -2.97. The third-order valence-electron chi connectivity index (χ3n) is 3.73. The maximum absolute atomic E-state index is 11.2. The van der Waals surface area contributed by atoms with Gasteiger partial charge in [0, 0.05) is 5.39 Å². The number of hydrogen-bond acceptors (Lipinski definition) is 5. The highest BCUT2D eigenvalue weighted by Gasteiger charge is 2.15. The zero-order valence-corrected chi connectivity index (χ0v) is 13.0. The van der Waals surface area contributed by atoms with Crippen LogP contribution in [0.1, 0.15) is 0 Å². The van der Waals surface area contributed by atoms with Crippen LogP contribution in [-0.4, -0.2) is 33.1 Å². The number of phenolic OH excluding ortho intramolecular Hbond substituents is 1. The highest BCUT2D eigenvalue weighted by Crippen LogP contribution is 2.30. The van der Waals surface area contributed by atoms with Crippen molar-refractivity contribution >= 4 is 31.9 Å². The van der Waals surface area contributed by atoms with Gasteiger partial charge in [0.2, 0.25) is 0 Å². The molecular weight excluding hydrogens is 330 g/mol. The molecule has 0 fully saturated rings. The summed E-state index contributed by atoms with van der Waals surface area (Å²) in [5, 5.41) is 20.4. The lowest BCUT2D eigenvalue weighted by Crippen LogP contribution is -2.00. The maximum Gasteiger partial charge on any atom is 0.294 e. The van der Waals surface area contributed by atoms with E-state index in [2.05, 4.69) is 10.2 Å². The highest BCUT2D eigenvalue weighted by atomic mass is 32.2. The molecule has 120 valence electrons. The molecule has 0 aliphatic rings. The van der Waals surface area contributed by atoms with E-state index in [0.717, 1.165) is 10.8 Å². The van der Waals surface area contributed by atoms with Gasteiger partial charge in [-0.1, -0.05) is 30.3 Å². The quantitative estimate of drug-likeness (QED) is 0.543. The number of fused-ring (bicyclic) bond motifs is 2. The molecule has 1 aromatic heterocycles. The minimum atomic E-state index is -4.32. The molecule has 0 aliphatic carbocycles. The van der Waals surface area contributed by atoms with Gasteiger partial charge >= 0.3 is 0 Å². The van der Waals surface area contributed by atoms with Crippen molar-refractivity contribution < 1.29 is 18.1 Å². The molecule has 0 aliphatic heterocycles. The van der Waals surface area contributed by atoms with Crippen molar-refractivity contribution in [2.45, 2.75) is 4.90 Å². The number of aromatic hydroxyl groups is 1. The van der Waals surface area contributed by atoms with Crippen LogP contribution in [0.15, 0.2) is 59.5 Å². The lowest BCUT2D eigenvalue weighted by Gasteiger charge is -2.07. The van der Waals surface area contributed by atoms with E-state index in [1.165, 1.54) is 23.0 Å². The molecule has 4 aromatic rings. The summed E-state index contributed by atoms with van der Waals surface area (Å²) in [4.78, 5) is 1.00. The van der Waals surface area contributed by atoms with Gasteiger partial charge in [-0.3, -0.25) is 4.55 Å². The summed E-state index contributed by atoms with van der Waals surface area (Å²) >= 11 is 0. The molecule has 4 rings (SSSR count). The molecule has 24 heavy (non-hydrogen) atoms. The molecule has 0 atom stereocenters. The Morgan fingerprint density at radius 3 is 2.46 bits per heavy atom. The van der Waals surface area contributed by atoms with Gasteiger partial charge in [0.1, 0.15) is 22.5 Å². The minimum Gasteiger partial charge on any atom is -0.506 e. The second-order valence-corrected chi connectivity index (χ2v) is 6.69. The van der Waals surface area contributed by atoms with Crippen LogP contribution in [0.2, 0.25) is 0 Å². The lowest BCUT2D eigenvalue weighted by atomic mass is 10.1. The highest BCUT2D eigenvalue weighted by molar-refractivity contribution is 7.85. The molecule has 0 spiro atoms. The van der Waals surface area contributed by atoms with Gasteiger partial charge in [-0.25, -0.2) is 0 Å². The number of hydrogen-bond donors (Lipinski definition) is 2. The van der Waals surface area contributed by atoms with Gasteiger partial charge in [-0.15, -0.1) is 15.0 Å². The molecule has 0 saturated heterocycles. The fourth-order valence-electron chi connectivity index (χ4n) is 2.61. The SMILES string of the molecule is O=S(=O)(O)c1ccc2nn(-c3c(O)ccc4ccccc34)nc2c1. The Morgan fingerprint density at radius 1 is 0.917 bits per heavy atom. The number of phenols is 1. The van der Waals surface area contributed by atoms with Crippen molar-refractivity contribution in [3.63, 3.8) is 0 Å². The van der Waals surface area contributed by atoms with E-state index < -0.39 is 10.1 Å². The molecular formula is C16H11N3O4S. The maximum atomic E-state index is 11.2. The van der Waals surface area contributed by atoms with Crippen molar-refractivity contribution in [1.82, 2.24) is 15.0 Å². The zero-order valence-electron chi connectivity index (χ0n) is 12.2. The molecule has 2 N–H and O–H groups in total. The van der Waals surface area contributed by atoms with Gasteiger partial charge < -0.3 is 5.11 Å². The Kier molecular flexibility index (Phi) is 3.05. The standard InChI is InChI=1S/C16H11N3O4S/c20-15-8-5-10-3-1-2-4-12(10)16(15)19-17-13-7-6-11(24(21,22)23)9-14(13)18-19/h1-9,20H,(H,21,22,23). The predicted octanol–water partition coefficient (Wildman–Crippen LogP) is 2.53. The third-order valence-corrected chi connectivity index (χ3v) is 4.58. The van der Waals surface area contributed by atoms with Crippen LogP contribution >= 0.6 is 0 Å². The van der Waals surface area contributed by atoms with Crippen molar-refractivity contribution in [3.8, 4) is 11.4 Å². The fourth-order valence-corrected chi connectivity index (χ4v) is 3.11. The van der Waals surface area contributed by atoms with E-state index in [0.29, 0.717) is 11.2 Å². The number of aromatic nitrogens is 3. The number of rotatable bonds is 2. The Balaban J connectivity index is 1.99. The largest absolute Gasteiger partial charge is 0.506 e. The summed E-state index contributed by atoms with van der Waals surface area (Å²) in [6.07, 6.45) is 0. The van der Waals surface area contributed by atoms with Crippen molar-refractivity contribution in [2.24, 2.45) is 0 Å². The fraction of sp³-hybridized carbons (Fsp3) is 0. The van der Waals surface area contributed by atoms with E-state index in [1.54, 1.807) is 12.1 Å². The topological polar surface area (TPSA) is 105 Å². The lowest BCUT2D eigenvalue weighted by molar-refractivity contribution is 0.469. The van der Waals surface area contributed by atoms with Crippen LogP contribution in [0.4, 0.5) is 0 Å². The number of nitrogens with zero attached hydrogens (tertiary/aromatic N) is 3. The van der Waals surface area contributed by atoms with Gasteiger partial charge in [0.15, 0.2) is 0 Å². The predicted molar refractivity (Wildman–Crippen MR) is 87.9 cm³/mol. The summed E-state index contributed by atoms with van der Waals surface area (Å²) < 4.78 is 31.6. The molecule has 0 saturated carbocycles. The van der Waals surface area contributed by atoms with E-state index in [-0.39, 0.29) is 16.2 Å². The van der Waals surface area contributed by atoms with Gasteiger partial charge in [-0.05, 0) is 29.7 Å². The van der Waals surface area contributed by atoms with Gasteiger partial charge in [0.25, 0.3) is 10.1 Å². The van der Waals surface area contributed by atoms with Gasteiger partial charge in [-0.2, -0.15) is 8.42 Å². The molecule has 0 amide bonds. The van der Waals surface area contributed by atoms with Crippen LogP contribution in [0.5, 0.6) is 5.75 Å². The molecule has 1 heterocycles. The van der Waals surface area contributed by atoms with Crippen molar-refractivity contribution in [1.29, 1.82) is 0 Å².